The third-order valence-corrected chi connectivity index (χ3v) is 6.61. The van der Waals surface area contributed by atoms with Crippen molar-refractivity contribution in [2.24, 2.45) is 0 Å². The van der Waals surface area contributed by atoms with Gasteiger partial charge < -0.3 is 4.55 Å². The smallest absolute Gasteiger partial charge is 0.136 e. The summed E-state index contributed by atoms with van der Waals surface area (Å²) in [7, 11) is 0. The van der Waals surface area contributed by atoms with Crippen molar-refractivity contribution >= 4 is 23.0 Å². The quantitative estimate of drug-likeness (QED) is 0.485. The minimum absolute atomic E-state index is 0.0337. The van der Waals surface area contributed by atoms with E-state index in [4.69, 9.17) is 11.6 Å². The maximum absolute atomic E-state index is 13.1. The molecule has 0 heterocycles. The van der Waals surface area contributed by atoms with E-state index < -0.39 is 16.1 Å². The molecule has 0 radical (unpaired) electrons. The van der Waals surface area contributed by atoms with Crippen molar-refractivity contribution in [3.63, 3.8) is 0 Å². The molecule has 3 rings (SSSR count). The highest BCUT2D eigenvalue weighted by Gasteiger charge is 2.35. The van der Waals surface area contributed by atoms with Crippen molar-refractivity contribution in [3.8, 4) is 0 Å². The lowest BCUT2D eigenvalue weighted by molar-refractivity contribution is 0.505. The summed E-state index contributed by atoms with van der Waals surface area (Å²) in [5, 5.41) is 0.669. The highest BCUT2D eigenvalue weighted by atomic mass is 35.5. The fourth-order valence-electron chi connectivity index (χ4n) is 3.23. The van der Waals surface area contributed by atoms with Crippen LogP contribution in [0.25, 0.3) is 0 Å². The molecule has 0 spiro atoms. The molecule has 3 aromatic carbocycles. The van der Waals surface area contributed by atoms with E-state index in [0.717, 1.165) is 16.7 Å². The Morgan fingerprint density at radius 2 is 1.25 bits per heavy atom. The van der Waals surface area contributed by atoms with Gasteiger partial charge in [-0.3, -0.25) is 0 Å². The van der Waals surface area contributed by atoms with Crippen LogP contribution in [0.1, 0.15) is 49.4 Å². The molecule has 0 aliphatic rings. The maximum Gasteiger partial charge on any atom is 0.136 e. The second kappa shape index (κ2) is 9.15. The zero-order valence-corrected chi connectivity index (χ0v) is 18.0. The Morgan fingerprint density at radius 3 is 1.71 bits per heavy atom. The SMILES string of the molecule is CC(C)(C)[S@@+]([O-])N[C@@H](c1ccccc1Cl)C(c1ccccc1)c1ccccc1. The van der Waals surface area contributed by atoms with Crippen molar-refractivity contribution in [2.45, 2.75) is 37.5 Å². The van der Waals surface area contributed by atoms with E-state index in [1.54, 1.807) is 0 Å². The summed E-state index contributed by atoms with van der Waals surface area (Å²) in [5.74, 6) is -0.0337. The zero-order valence-electron chi connectivity index (χ0n) is 16.4. The van der Waals surface area contributed by atoms with Crippen LogP contribution < -0.4 is 4.72 Å². The fourth-order valence-corrected chi connectivity index (χ4v) is 4.33. The van der Waals surface area contributed by atoms with Gasteiger partial charge in [0.15, 0.2) is 0 Å². The lowest BCUT2D eigenvalue weighted by atomic mass is 9.82. The maximum atomic E-state index is 13.1. The first-order valence-electron chi connectivity index (χ1n) is 9.40. The summed E-state index contributed by atoms with van der Waals surface area (Å²) in [5.41, 5.74) is 3.24. The molecule has 0 aromatic heterocycles. The van der Waals surface area contributed by atoms with Gasteiger partial charge in [0.2, 0.25) is 0 Å². The monoisotopic (exact) mass is 411 g/mol. The second-order valence-electron chi connectivity index (χ2n) is 7.80. The molecular weight excluding hydrogens is 386 g/mol. The number of nitrogens with one attached hydrogen (secondary N) is 1. The van der Waals surface area contributed by atoms with E-state index in [2.05, 4.69) is 29.0 Å². The van der Waals surface area contributed by atoms with Crippen LogP contribution in [0.15, 0.2) is 84.9 Å². The Bertz CT molecular complexity index is 840. The van der Waals surface area contributed by atoms with Gasteiger partial charge in [-0.1, -0.05) is 90.5 Å². The van der Waals surface area contributed by atoms with E-state index in [1.807, 2.05) is 81.4 Å². The molecule has 0 unspecified atom stereocenters. The fraction of sp³-hybridized carbons (Fsp3) is 0.250. The average molecular weight is 412 g/mol. The second-order valence-corrected chi connectivity index (χ2v) is 10.2. The number of halogens is 1. The topological polar surface area (TPSA) is 35.1 Å². The van der Waals surface area contributed by atoms with Crippen LogP contribution in [0.4, 0.5) is 0 Å². The summed E-state index contributed by atoms with van der Waals surface area (Å²) >= 11 is 5.34. The molecule has 0 aliphatic heterocycles. The Labute approximate surface area is 176 Å². The van der Waals surface area contributed by atoms with Crippen molar-refractivity contribution in [1.82, 2.24) is 4.72 Å². The van der Waals surface area contributed by atoms with Crippen LogP contribution in [0.3, 0.4) is 0 Å². The van der Waals surface area contributed by atoms with E-state index in [0.29, 0.717) is 5.02 Å². The molecule has 0 saturated carbocycles. The number of benzene rings is 3. The number of hydrogen-bond acceptors (Lipinski definition) is 2. The molecule has 0 fully saturated rings. The van der Waals surface area contributed by atoms with Crippen LogP contribution in [0, 0.1) is 0 Å². The molecule has 0 saturated heterocycles. The van der Waals surface area contributed by atoms with Gasteiger partial charge in [-0.25, -0.2) is 0 Å². The molecule has 2 atom stereocenters. The van der Waals surface area contributed by atoms with E-state index in [-0.39, 0.29) is 12.0 Å². The van der Waals surface area contributed by atoms with Gasteiger partial charge in [0.25, 0.3) is 0 Å². The first-order chi connectivity index (χ1) is 13.4. The number of rotatable bonds is 6. The summed E-state index contributed by atoms with van der Waals surface area (Å²) in [6, 6.07) is 28.2. The first kappa shape index (κ1) is 20.9. The van der Waals surface area contributed by atoms with E-state index in [1.165, 1.54) is 0 Å². The molecule has 4 heteroatoms. The summed E-state index contributed by atoms with van der Waals surface area (Å²) < 4.78 is 16.1. The standard InChI is InChI=1S/C24H26ClNOS/c1-24(2,3)28(27)26-23(20-16-10-11-17-21(20)25)22(18-12-6-4-7-13-18)19-14-8-5-9-15-19/h4-17,22-23,26H,1-3H3/t23-,28+/m0/s1. The lowest BCUT2D eigenvalue weighted by Crippen LogP contribution is -2.43. The molecular formula is C24H26ClNOS. The van der Waals surface area contributed by atoms with Crippen molar-refractivity contribution in [1.29, 1.82) is 0 Å². The van der Waals surface area contributed by atoms with Gasteiger partial charge in [-0.15, -0.1) is 4.72 Å². The largest absolute Gasteiger partial charge is 0.598 e. The lowest BCUT2D eigenvalue weighted by Gasteiger charge is -2.33. The van der Waals surface area contributed by atoms with E-state index >= 15 is 0 Å². The number of hydrogen-bond donors (Lipinski definition) is 1. The van der Waals surface area contributed by atoms with Crippen LogP contribution in [-0.2, 0) is 11.4 Å². The highest BCUT2D eigenvalue weighted by molar-refractivity contribution is 7.90. The minimum atomic E-state index is -1.25. The van der Waals surface area contributed by atoms with Gasteiger partial charge >= 0.3 is 0 Å². The van der Waals surface area contributed by atoms with Gasteiger partial charge in [0.1, 0.15) is 4.75 Å². The van der Waals surface area contributed by atoms with Crippen LogP contribution >= 0.6 is 11.6 Å². The zero-order chi connectivity index (χ0) is 20.1. The Hall–Kier alpha value is -1.78. The summed E-state index contributed by atoms with van der Waals surface area (Å²) in [4.78, 5) is 0. The predicted octanol–water partition coefficient (Wildman–Crippen LogP) is 6.27. The van der Waals surface area contributed by atoms with Crippen molar-refractivity contribution in [2.75, 3.05) is 0 Å². The van der Waals surface area contributed by atoms with Crippen molar-refractivity contribution in [3.05, 3.63) is 107 Å². The molecule has 1 N–H and O–H groups in total. The average Bonchev–Trinajstić information content (AvgIpc) is 2.69. The molecule has 28 heavy (non-hydrogen) atoms. The normalized spacial score (nSPS) is 14.1. The van der Waals surface area contributed by atoms with Crippen LogP contribution in [0.5, 0.6) is 0 Å². The summed E-state index contributed by atoms with van der Waals surface area (Å²) in [6.45, 7) is 5.92. The van der Waals surface area contributed by atoms with Gasteiger partial charge in [0.05, 0.1) is 6.04 Å². The van der Waals surface area contributed by atoms with Crippen LogP contribution in [0.2, 0.25) is 5.02 Å². The highest BCUT2D eigenvalue weighted by Crippen LogP contribution is 2.40. The summed E-state index contributed by atoms with van der Waals surface area (Å²) in [6.07, 6.45) is 0. The van der Waals surface area contributed by atoms with Gasteiger partial charge in [-0.05, 0) is 43.5 Å². The Balaban J connectivity index is 2.15. The first-order valence-corrected chi connectivity index (χ1v) is 10.9. The molecule has 0 amide bonds. The van der Waals surface area contributed by atoms with Crippen molar-refractivity contribution < 1.29 is 4.55 Å². The predicted molar refractivity (Wildman–Crippen MR) is 120 cm³/mol. The Morgan fingerprint density at radius 1 is 0.786 bits per heavy atom. The Kier molecular flexibility index (Phi) is 6.84. The third kappa shape index (κ3) is 4.98. The third-order valence-electron chi connectivity index (χ3n) is 4.68. The molecule has 146 valence electrons. The van der Waals surface area contributed by atoms with Gasteiger partial charge in [0, 0.05) is 22.3 Å². The molecule has 2 nitrogen and oxygen atoms in total. The molecule has 0 bridgehead atoms. The van der Waals surface area contributed by atoms with E-state index in [9.17, 15) is 4.55 Å². The van der Waals surface area contributed by atoms with Gasteiger partial charge in [-0.2, -0.15) is 0 Å². The van der Waals surface area contributed by atoms with Crippen LogP contribution in [-0.4, -0.2) is 9.30 Å². The minimum Gasteiger partial charge on any atom is -0.598 e. The molecule has 0 aliphatic carbocycles. The molecule has 3 aromatic rings.